The number of rotatable bonds is 12. The number of aromatic nitrogens is 1. The Kier molecular flexibility index (Phi) is 9.19. The summed E-state index contributed by atoms with van der Waals surface area (Å²) in [7, 11) is 0. The Bertz CT molecular complexity index is 671. The van der Waals surface area contributed by atoms with Crippen LogP contribution in [-0.2, 0) is 9.53 Å². The highest BCUT2D eigenvalue weighted by Gasteiger charge is 2.27. The number of ether oxygens (including phenoxy) is 1. The largest absolute Gasteiger partial charge is 0.376 e. The van der Waals surface area contributed by atoms with Gasteiger partial charge in [-0.1, -0.05) is 66.7 Å². The van der Waals surface area contributed by atoms with Gasteiger partial charge >= 0.3 is 0 Å². The van der Waals surface area contributed by atoms with E-state index in [0.717, 1.165) is 29.3 Å². The lowest BCUT2D eigenvalue weighted by Crippen LogP contribution is -2.38. The van der Waals surface area contributed by atoms with E-state index in [4.69, 9.17) is 4.74 Å². The summed E-state index contributed by atoms with van der Waals surface area (Å²) in [5.41, 5.74) is 2.20. The van der Waals surface area contributed by atoms with Crippen LogP contribution in [0.15, 0.2) is 30.5 Å². The van der Waals surface area contributed by atoms with Crippen LogP contribution in [0.2, 0.25) is 0 Å². The van der Waals surface area contributed by atoms with Crippen LogP contribution in [-0.4, -0.2) is 28.9 Å². The quantitative estimate of drug-likeness (QED) is 0.351. The third-order valence-electron chi connectivity index (χ3n) is 4.69. The zero-order chi connectivity index (χ0) is 18.8. The fourth-order valence-corrected chi connectivity index (χ4v) is 3.75. The molecule has 1 amide bonds. The molecule has 0 saturated heterocycles. The number of amides is 1. The molecule has 2 atom stereocenters. The Morgan fingerprint density at radius 1 is 1.23 bits per heavy atom. The standard InChI is InChI=1S/C21H31BrN2O2/c1-3-5-6-7-12-19(26-4-2)21(24-20(25)13-14-22)17-15-23-18-11-9-8-10-16(17)18/h8-11,15,19,21,23H,3-7,12-14H2,1-2H3,(H,24,25)/t19-,21-/m1/s1. The number of hydrogen-bond donors (Lipinski definition) is 2. The van der Waals surface area contributed by atoms with Crippen molar-refractivity contribution in [2.45, 2.75) is 64.5 Å². The molecule has 2 aromatic rings. The molecule has 0 unspecified atom stereocenters. The summed E-state index contributed by atoms with van der Waals surface area (Å²) in [4.78, 5) is 15.7. The topological polar surface area (TPSA) is 54.1 Å². The van der Waals surface area contributed by atoms with Crippen molar-refractivity contribution in [2.75, 3.05) is 11.9 Å². The lowest BCUT2D eigenvalue weighted by molar-refractivity contribution is -0.122. The molecule has 0 bridgehead atoms. The van der Waals surface area contributed by atoms with E-state index >= 15 is 0 Å². The predicted octanol–water partition coefficient (Wildman–Crippen LogP) is 5.49. The van der Waals surface area contributed by atoms with Gasteiger partial charge in [-0.25, -0.2) is 0 Å². The molecule has 0 aliphatic heterocycles. The number of halogens is 1. The summed E-state index contributed by atoms with van der Waals surface area (Å²) in [5.74, 6) is 0.0513. The molecule has 2 rings (SSSR count). The van der Waals surface area contributed by atoms with Gasteiger partial charge < -0.3 is 15.0 Å². The number of carbonyl (C=O) groups excluding carboxylic acids is 1. The van der Waals surface area contributed by atoms with Crippen molar-refractivity contribution in [3.63, 3.8) is 0 Å². The summed E-state index contributed by atoms with van der Waals surface area (Å²) < 4.78 is 6.10. The molecule has 1 aromatic heterocycles. The molecule has 0 saturated carbocycles. The number of alkyl halides is 1. The first kappa shape index (κ1) is 21.0. The molecular weight excluding hydrogens is 392 g/mol. The first-order chi connectivity index (χ1) is 12.7. The Morgan fingerprint density at radius 2 is 2.04 bits per heavy atom. The summed E-state index contributed by atoms with van der Waals surface area (Å²) in [5, 5.41) is 5.03. The summed E-state index contributed by atoms with van der Waals surface area (Å²) in [6.07, 6.45) is 8.19. The summed E-state index contributed by atoms with van der Waals surface area (Å²) in [6, 6.07) is 8.08. The Hall–Kier alpha value is -1.33. The van der Waals surface area contributed by atoms with Crippen molar-refractivity contribution in [1.82, 2.24) is 10.3 Å². The number of benzene rings is 1. The lowest BCUT2D eigenvalue weighted by Gasteiger charge is -2.28. The van der Waals surface area contributed by atoms with Crippen LogP contribution in [0.1, 0.15) is 64.0 Å². The van der Waals surface area contributed by atoms with E-state index in [0.29, 0.717) is 18.4 Å². The van der Waals surface area contributed by atoms with Gasteiger partial charge in [-0.05, 0) is 19.4 Å². The van der Waals surface area contributed by atoms with E-state index in [1.165, 1.54) is 19.3 Å². The van der Waals surface area contributed by atoms with Gasteiger partial charge in [0.15, 0.2) is 0 Å². The number of hydrogen-bond acceptors (Lipinski definition) is 2. The lowest BCUT2D eigenvalue weighted by atomic mass is 9.96. The van der Waals surface area contributed by atoms with Gasteiger partial charge in [-0.2, -0.15) is 0 Å². The van der Waals surface area contributed by atoms with Crippen molar-refractivity contribution in [2.24, 2.45) is 0 Å². The van der Waals surface area contributed by atoms with Crippen molar-refractivity contribution >= 4 is 32.7 Å². The molecule has 1 aromatic carbocycles. The van der Waals surface area contributed by atoms with E-state index < -0.39 is 0 Å². The van der Waals surface area contributed by atoms with E-state index in [1.54, 1.807) is 0 Å². The molecule has 2 N–H and O–H groups in total. The number of para-hydroxylation sites is 1. The zero-order valence-electron chi connectivity index (χ0n) is 15.9. The zero-order valence-corrected chi connectivity index (χ0v) is 17.5. The van der Waals surface area contributed by atoms with Gasteiger partial charge in [0.05, 0.1) is 12.1 Å². The molecule has 0 aliphatic rings. The van der Waals surface area contributed by atoms with Gasteiger partial charge in [0, 0.05) is 41.0 Å². The maximum atomic E-state index is 12.4. The second-order valence-electron chi connectivity index (χ2n) is 6.62. The number of aromatic amines is 1. The molecule has 0 fully saturated rings. The number of unbranched alkanes of at least 4 members (excludes halogenated alkanes) is 3. The van der Waals surface area contributed by atoms with Crippen molar-refractivity contribution in [3.05, 3.63) is 36.0 Å². The number of H-pyrrole nitrogens is 1. The molecule has 0 spiro atoms. The maximum Gasteiger partial charge on any atom is 0.221 e. The molecule has 26 heavy (non-hydrogen) atoms. The normalized spacial score (nSPS) is 13.7. The Morgan fingerprint density at radius 3 is 2.77 bits per heavy atom. The highest BCUT2D eigenvalue weighted by atomic mass is 79.9. The second kappa shape index (κ2) is 11.4. The average molecular weight is 423 g/mol. The highest BCUT2D eigenvalue weighted by molar-refractivity contribution is 9.09. The Balaban J connectivity index is 2.26. The van der Waals surface area contributed by atoms with Crippen molar-refractivity contribution < 1.29 is 9.53 Å². The minimum atomic E-state index is -0.140. The van der Waals surface area contributed by atoms with E-state index in [2.05, 4.69) is 45.3 Å². The van der Waals surface area contributed by atoms with Gasteiger partial charge in [0.25, 0.3) is 0 Å². The monoisotopic (exact) mass is 422 g/mol. The SMILES string of the molecule is CCCCCC[C@@H](OCC)[C@H](NC(=O)CCBr)c1c[nH]c2ccccc12. The molecule has 0 aliphatic carbocycles. The van der Waals surface area contributed by atoms with Crippen LogP contribution in [0.4, 0.5) is 0 Å². The van der Waals surface area contributed by atoms with Gasteiger partial charge in [0.1, 0.15) is 0 Å². The average Bonchev–Trinajstić information content (AvgIpc) is 3.07. The minimum absolute atomic E-state index is 0.0182. The first-order valence-electron chi connectivity index (χ1n) is 9.74. The van der Waals surface area contributed by atoms with Crippen molar-refractivity contribution in [1.29, 1.82) is 0 Å². The predicted molar refractivity (Wildman–Crippen MR) is 112 cm³/mol. The maximum absolute atomic E-state index is 12.4. The third-order valence-corrected chi connectivity index (χ3v) is 5.09. The smallest absolute Gasteiger partial charge is 0.221 e. The van der Waals surface area contributed by atoms with Gasteiger partial charge in [-0.3, -0.25) is 4.79 Å². The first-order valence-corrected chi connectivity index (χ1v) is 10.9. The van der Waals surface area contributed by atoms with Crippen LogP contribution in [0.5, 0.6) is 0 Å². The third kappa shape index (κ3) is 5.85. The van der Waals surface area contributed by atoms with Crippen LogP contribution in [0.3, 0.4) is 0 Å². The molecule has 0 radical (unpaired) electrons. The van der Waals surface area contributed by atoms with Crippen LogP contribution in [0.25, 0.3) is 10.9 Å². The van der Waals surface area contributed by atoms with E-state index in [1.807, 2.05) is 25.3 Å². The second-order valence-corrected chi connectivity index (χ2v) is 7.41. The van der Waals surface area contributed by atoms with Gasteiger partial charge in [-0.15, -0.1) is 0 Å². The fraction of sp³-hybridized carbons (Fsp3) is 0.571. The molecule has 5 heteroatoms. The highest BCUT2D eigenvalue weighted by Crippen LogP contribution is 2.30. The van der Waals surface area contributed by atoms with Crippen molar-refractivity contribution in [3.8, 4) is 0 Å². The molecule has 4 nitrogen and oxygen atoms in total. The number of carbonyl (C=O) groups is 1. The minimum Gasteiger partial charge on any atom is -0.376 e. The van der Waals surface area contributed by atoms with Crippen LogP contribution in [0, 0.1) is 0 Å². The number of fused-ring (bicyclic) bond motifs is 1. The Labute approximate surface area is 165 Å². The van der Waals surface area contributed by atoms with E-state index in [9.17, 15) is 4.79 Å². The molecule has 1 heterocycles. The molecular formula is C21H31BrN2O2. The number of nitrogens with one attached hydrogen (secondary N) is 2. The van der Waals surface area contributed by atoms with E-state index in [-0.39, 0.29) is 18.1 Å². The summed E-state index contributed by atoms with van der Waals surface area (Å²) in [6.45, 7) is 4.88. The van der Waals surface area contributed by atoms with Gasteiger partial charge in [0.2, 0.25) is 5.91 Å². The summed E-state index contributed by atoms with van der Waals surface area (Å²) >= 11 is 3.36. The molecule has 144 valence electrons. The van der Waals surface area contributed by atoms with Crippen LogP contribution < -0.4 is 5.32 Å². The van der Waals surface area contributed by atoms with Crippen LogP contribution >= 0.6 is 15.9 Å². The fourth-order valence-electron chi connectivity index (χ4n) is 3.39.